The van der Waals surface area contributed by atoms with Gasteiger partial charge in [-0.15, -0.1) is 0 Å². The molecule has 0 aliphatic carbocycles. The molecule has 0 saturated carbocycles. The van der Waals surface area contributed by atoms with Crippen molar-refractivity contribution in [2.45, 2.75) is 151 Å². The number of nitrogens with two attached hydrogens (primary N) is 5. The van der Waals surface area contributed by atoms with E-state index in [0.29, 0.717) is 43.2 Å². The smallest absolute Gasteiger partial charge is 0.248 e. The fourth-order valence-electron chi connectivity index (χ4n) is 11.0. The number of aromatic hydroxyl groups is 1. The molecule has 0 radical (unpaired) electrons. The molecule has 0 unspecified atom stereocenters. The van der Waals surface area contributed by atoms with Crippen LogP contribution < -0.4 is 65.9 Å². The number of fused-ring (bicyclic) bond motifs is 3. The van der Waals surface area contributed by atoms with Crippen molar-refractivity contribution in [3.63, 3.8) is 0 Å². The van der Waals surface area contributed by atoms with Crippen LogP contribution in [0.1, 0.15) is 94.6 Å². The second kappa shape index (κ2) is 32.5. The molecule has 4 heterocycles. The first kappa shape index (κ1) is 65.6. The average molecular weight is 1190 g/mol. The van der Waals surface area contributed by atoms with Gasteiger partial charge in [0.2, 0.25) is 59.1 Å². The maximum atomic E-state index is 14.8. The number of aliphatic imine (C=N–C) groups is 2. The number of nitrogens with zero attached hydrogens (tertiary/aromatic N) is 5. The lowest BCUT2D eigenvalue weighted by atomic mass is 10.0. The maximum absolute atomic E-state index is 14.8. The molecular weight excluding hydrogens is 1100 g/mol. The van der Waals surface area contributed by atoms with Crippen molar-refractivity contribution in [2.75, 3.05) is 52.4 Å². The van der Waals surface area contributed by atoms with E-state index in [-0.39, 0.29) is 121 Å². The lowest BCUT2D eigenvalue weighted by Gasteiger charge is -2.33. The number of nitrogens with one attached hydrogen (secondary N) is 7. The van der Waals surface area contributed by atoms with Gasteiger partial charge in [0.05, 0.1) is 13.2 Å². The van der Waals surface area contributed by atoms with Crippen LogP contribution in [0.5, 0.6) is 5.75 Å². The Morgan fingerprint density at radius 1 is 0.482 bits per heavy atom. The highest BCUT2D eigenvalue weighted by Gasteiger charge is 2.45. The predicted octanol–water partition coefficient (Wildman–Crippen LogP) is -4.58. The summed E-state index contributed by atoms with van der Waals surface area (Å²) in [4.78, 5) is 156. The lowest BCUT2D eigenvalue weighted by molar-refractivity contribution is -0.148. The number of rotatable bonds is 17. The Morgan fingerprint density at radius 2 is 0.918 bits per heavy atom. The summed E-state index contributed by atoms with van der Waals surface area (Å²) < 4.78 is 0. The van der Waals surface area contributed by atoms with Gasteiger partial charge in [0.1, 0.15) is 60.1 Å². The Balaban J connectivity index is 1.38. The molecule has 29 heteroatoms. The van der Waals surface area contributed by atoms with Gasteiger partial charge in [-0.3, -0.25) is 57.9 Å². The number of carbonyl (C=O) groups is 10. The van der Waals surface area contributed by atoms with Crippen LogP contribution in [0.2, 0.25) is 0 Å². The first-order chi connectivity index (χ1) is 40.8. The minimum atomic E-state index is -1.64. The summed E-state index contributed by atoms with van der Waals surface area (Å²) in [6, 6.07) is 2.68. The van der Waals surface area contributed by atoms with Crippen molar-refractivity contribution in [1.29, 1.82) is 0 Å². The summed E-state index contributed by atoms with van der Waals surface area (Å²) in [6.45, 7) is -0.945. The van der Waals surface area contributed by atoms with Crippen LogP contribution >= 0.6 is 0 Å². The number of phenolic OH excluding ortho intramolecular Hbond substituents is 1. The van der Waals surface area contributed by atoms with Gasteiger partial charge in [0, 0.05) is 45.6 Å². The molecule has 6 rings (SSSR count). The Kier molecular flexibility index (Phi) is 25.0. The molecule has 0 bridgehead atoms. The Morgan fingerprint density at radius 3 is 1.47 bits per heavy atom. The number of hydrogen-bond donors (Lipinski definition) is 14. The molecule has 464 valence electrons. The number of aliphatic hydroxyl groups excluding tert-OH is 1. The minimum Gasteiger partial charge on any atom is -0.508 e. The standard InChI is InChI=1S/C56H83N17O12/c57-23-5-4-13-36-47(78)68-38(15-7-25-63-56(60)61)52(83)73-28-10-18-44(73)54(85)72-27-8-16-42(72)50(81)64-31-45(76)65-39(30-34-19-21-35(75)22-20-34)48(79)70-41(32-74)53(84)71-26-9-17-43(71)51(82)69-40(29-33-11-2-1-3-12-33)49(80)67-37(46(77)66-36)14-6-24-62-55(58)59/h1-3,11-12,19-22,36-44,74-75H,4-10,13-18,23-32,57H2,(H,64,81)(H,65,76)(H,66,77)(H,67,80)(H,68,78)(H,69,82)(H,70,79)(H4,58,59,62)(H4,60,61,63)/t36-,37-,38-,39-,40-,41-,42-,43-,44-/m0/s1. The number of guanidine groups is 2. The van der Waals surface area contributed by atoms with E-state index >= 15 is 0 Å². The monoisotopic (exact) mass is 1190 g/mol. The third-order valence-electron chi connectivity index (χ3n) is 15.4. The van der Waals surface area contributed by atoms with Crippen molar-refractivity contribution in [2.24, 2.45) is 38.7 Å². The molecule has 85 heavy (non-hydrogen) atoms. The third-order valence-corrected chi connectivity index (χ3v) is 15.4. The molecular formula is C56H83N17O12. The summed E-state index contributed by atoms with van der Waals surface area (Å²) in [5.41, 5.74) is 29.3. The van der Waals surface area contributed by atoms with Crippen LogP contribution in [0.25, 0.3) is 0 Å². The van der Waals surface area contributed by atoms with Gasteiger partial charge in [0.15, 0.2) is 11.9 Å². The van der Waals surface area contributed by atoms with E-state index in [1.165, 1.54) is 39.0 Å². The highest BCUT2D eigenvalue weighted by molar-refractivity contribution is 5.99. The van der Waals surface area contributed by atoms with Gasteiger partial charge in [-0.25, -0.2) is 0 Å². The fraction of sp³-hybridized carbons (Fsp3) is 0.571. The zero-order chi connectivity index (χ0) is 61.6. The maximum Gasteiger partial charge on any atom is 0.248 e. The number of hydrogen-bond acceptors (Lipinski definition) is 15. The minimum absolute atomic E-state index is 0.0106. The Hall–Kier alpha value is -8.60. The second-order valence-corrected chi connectivity index (χ2v) is 21.6. The number of unbranched alkanes of at least 4 members (excludes halogenated alkanes) is 1. The van der Waals surface area contributed by atoms with E-state index < -0.39 is 127 Å². The van der Waals surface area contributed by atoms with Gasteiger partial charge in [-0.2, -0.15) is 0 Å². The highest BCUT2D eigenvalue weighted by Crippen LogP contribution is 2.27. The summed E-state index contributed by atoms with van der Waals surface area (Å²) in [5.74, 6) is -8.07. The summed E-state index contributed by atoms with van der Waals surface area (Å²) >= 11 is 0. The van der Waals surface area contributed by atoms with Crippen LogP contribution in [-0.2, 0) is 60.8 Å². The first-order valence-corrected chi connectivity index (χ1v) is 29.0. The van der Waals surface area contributed by atoms with Crippen molar-refractivity contribution in [3.05, 3.63) is 65.7 Å². The second-order valence-electron chi connectivity index (χ2n) is 21.6. The zero-order valence-corrected chi connectivity index (χ0v) is 47.8. The van der Waals surface area contributed by atoms with E-state index in [9.17, 15) is 58.2 Å². The molecule has 0 aromatic heterocycles. The summed E-state index contributed by atoms with van der Waals surface area (Å²) in [5, 5.41) is 39.4. The van der Waals surface area contributed by atoms with E-state index in [1.54, 1.807) is 30.3 Å². The quantitative estimate of drug-likeness (QED) is 0.0403. The van der Waals surface area contributed by atoms with E-state index in [2.05, 4.69) is 47.2 Å². The molecule has 9 atom stereocenters. The Labute approximate surface area is 492 Å². The van der Waals surface area contributed by atoms with E-state index in [1.807, 2.05) is 0 Å². The highest BCUT2D eigenvalue weighted by atomic mass is 16.3. The molecule has 4 fully saturated rings. The summed E-state index contributed by atoms with van der Waals surface area (Å²) in [6.07, 6.45) is 2.48. The van der Waals surface area contributed by atoms with Crippen LogP contribution in [-0.4, -0.2) is 203 Å². The van der Waals surface area contributed by atoms with Gasteiger partial charge in [-0.05, 0) is 113 Å². The molecule has 4 aliphatic heterocycles. The first-order valence-electron chi connectivity index (χ1n) is 29.0. The van der Waals surface area contributed by atoms with Crippen molar-refractivity contribution in [1.82, 2.24) is 51.9 Å². The summed E-state index contributed by atoms with van der Waals surface area (Å²) in [7, 11) is 0. The fourth-order valence-corrected chi connectivity index (χ4v) is 11.0. The molecule has 19 N–H and O–H groups in total. The van der Waals surface area contributed by atoms with E-state index in [4.69, 9.17) is 28.7 Å². The third kappa shape index (κ3) is 19.2. The van der Waals surface area contributed by atoms with Crippen LogP contribution in [0, 0.1) is 0 Å². The van der Waals surface area contributed by atoms with Crippen LogP contribution in [0.15, 0.2) is 64.6 Å². The zero-order valence-electron chi connectivity index (χ0n) is 47.8. The Bertz CT molecular complexity index is 2730. The van der Waals surface area contributed by atoms with Gasteiger partial charge >= 0.3 is 0 Å². The normalized spacial score (nSPS) is 25.4. The van der Waals surface area contributed by atoms with Crippen LogP contribution in [0.4, 0.5) is 0 Å². The number of benzene rings is 2. The van der Waals surface area contributed by atoms with Gasteiger partial charge < -0.3 is 90.8 Å². The number of aliphatic hydroxyl groups is 1. The molecule has 29 nitrogen and oxygen atoms in total. The topological polar surface area (TPSA) is 460 Å². The van der Waals surface area contributed by atoms with Crippen molar-refractivity contribution in [3.8, 4) is 5.75 Å². The lowest BCUT2D eigenvalue weighted by Crippen LogP contribution is -2.61. The molecule has 2 aromatic carbocycles. The predicted molar refractivity (Wildman–Crippen MR) is 311 cm³/mol. The molecule has 4 saturated heterocycles. The van der Waals surface area contributed by atoms with Gasteiger partial charge in [0.25, 0.3) is 0 Å². The van der Waals surface area contributed by atoms with Crippen molar-refractivity contribution < 1.29 is 58.2 Å². The number of amides is 10. The molecule has 0 spiro atoms. The number of carbonyl (C=O) groups excluding carboxylic acids is 10. The average Bonchev–Trinajstić information content (AvgIpc) is 3.21. The molecule has 2 aromatic rings. The van der Waals surface area contributed by atoms with Crippen molar-refractivity contribution >= 4 is 71.0 Å². The number of phenols is 1. The van der Waals surface area contributed by atoms with Gasteiger partial charge in [-0.1, -0.05) is 42.5 Å². The van der Waals surface area contributed by atoms with E-state index in [0.717, 1.165) is 0 Å². The molecule has 10 amide bonds. The SMILES string of the molecule is NCCCC[C@@H]1NC(=O)[C@H](CCCN=C(N)N)NC(=O)[C@H](Cc2ccccc2)NC(=O)[C@@H]2CCCN2C(=O)[C@H](CO)NC(=O)[C@H](Cc2ccc(O)cc2)NC(=O)CNC(=O)[C@@H]2CCCN2C(=O)[C@@H]2CCCN2C(=O)[C@H](CCCN=C(N)N)NC1=O. The van der Waals surface area contributed by atoms with Crippen LogP contribution in [0.3, 0.4) is 0 Å². The molecule has 4 aliphatic rings. The largest absolute Gasteiger partial charge is 0.508 e.